The summed E-state index contributed by atoms with van der Waals surface area (Å²) >= 11 is 0. The van der Waals surface area contributed by atoms with E-state index in [2.05, 4.69) is 0 Å². The molecule has 2 aliphatic heterocycles. The Morgan fingerprint density at radius 1 is 0.952 bits per heavy atom. The lowest BCUT2D eigenvalue weighted by Gasteiger charge is -2.40. The van der Waals surface area contributed by atoms with Gasteiger partial charge in [-0.1, -0.05) is 0 Å². The first-order chi connectivity index (χ1) is 9.82. The third kappa shape index (κ3) is 3.51. The van der Waals surface area contributed by atoms with Gasteiger partial charge < -0.3 is 51.2 Å². The van der Waals surface area contributed by atoms with Gasteiger partial charge in [0.15, 0.2) is 12.6 Å². The van der Waals surface area contributed by atoms with Gasteiger partial charge in [0.1, 0.15) is 24.4 Å². The molecule has 0 saturated carbocycles. The topological polar surface area (TPSA) is 181 Å². The standard InChI is InChI=1S/C11H22N2O8/c12-3-1-19-11(5(13)6(3)14)20-2-4-7(15)8(16)9(17)10(18)21-4/h3-11,14-18H,1-2,12-13H2/t3-,4-,5-,6+,7-,8+,9+,10+,11+/m1/s1. The molecule has 0 radical (unpaired) electrons. The van der Waals surface area contributed by atoms with E-state index in [0.717, 1.165) is 0 Å². The monoisotopic (exact) mass is 310 g/mol. The van der Waals surface area contributed by atoms with E-state index < -0.39 is 55.2 Å². The van der Waals surface area contributed by atoms with Gasteiger partial charge in [-0.05, 0) is 0 Å². The van der Waals surface area contributed by atoms with Crippen LogP contribution in [0.1, 0.15) is 0 Å². The largest absolute Gasteiger partial charge is 0.390 e. The second-order valence-corrected chi connectivity index (χ2v) is 5.30. The second-order valence-electron chi connectivity index (χ2n) is 5.30. The first-order valence-electron chi connectivity index (χ1n) is 6.63. The van der Waals surface area contributed by atoms with E-state index in [1.807, 2.05) is 0 Å². The quantitative estimate of drug-likeness (QED) is 0.267. The van der Waals surface area contributed by atoms with Gasteiger partial charge in [0.2, 0.25) is 0 Å². The molecule has 0 aromatic carbocycles. The molecule has 0 aromatic rings. The van der Waals surface area contributed by atoms with E-state index in [9.17, 15) is 25.5 Å². The van der Waals surface area contributed by atoms with Gasteiger partial charge in [-0.2, -0.15) is 0 Å². The van der Waals surface area contributed by atoms with Crippen molar-refractivity contribution in [2.75, 3.05) is 13.2 Å². The smallest absolute Gasteiger partial charge is 0.184 e. The molecule has 2 saturated heterocycles. The average molecular weight is 310 g/mol. The van der Waals surface area contributed by atoms with Crippen molar-refractivity contribution in [3.63, 3.8) is 0 Å². The fraction of sp³-hybridized carbons (Fsp3) is 1.00. The summed E-state index contributed by atoms with van der Waals surface area (Å²) in [7, 11) is 0. The molecule has 0 bridgehead atoms. The highest BCUT2D eigenvalue weighted by Crippen LogP contribution is 2.21. The highest BCUT2D eigenvalue weighted by molar-refractivity contribution is 4.90. The third-order valence-corrected chi connectivity index (χ3v) is 3.71. The number of nitrogens with two attached hydrogens (primary N) is 2. The molecule has 0 amide bonds. The maximum atomic E-state index is 9.75. The van der Waals surface area contributed by atoms with Crippen LogP contribution >= 0.6 is 0 Å². The molecule has 2 heterocycles. The predicted octanol–water partition coefficient (Wildman–Crippen LogP) is -4.83. The molecule has 124 valence electrons. The van der Waals surface area contributed by atoms with Crippen molar-refractivity contribution in [3.8, 4) is 0 Å². The summed E-state index contributed by atoms with van der Waals surface area (Å²) in [4.78, 5) is 0. The van der Waals surface area contributed by atoms with Crippen molar-refractivity contribution in [1.29, 1.82) is 0 Å². The molecular formula is C11H22N2O8. The Morgan fingerprint density at radius 2 is 1.62 bits per heavy atom. The number of rotatable bonds is 3. The van der Waals surface area contributed by atoms with Crippen LogP contribution in [-0.2, 0) is 14.2 Å². The molecule has 9 atom stereocenters. The number of hydrogen-bond acceptors (Lipinski definition) is 10. The van der Waals surface area contributed by atoms with Crippen molar-refractivity contribution in [2.24, 2.45) is 11.5 Å². The Bertz CT molecular complexity index is 348. The lowest BCUT2D eigenvalue weighted by atomic mass is 9.99. The van der Waals surface area contributed by atoms with Crippen molar-refractivity contribution in [1.82, 2.24) is 0 Å². The number of hydrogen-bond donors (Lipinski definition) is 7. The van der Waals surface area contributed by atoms with Gasteiger partial charge >= 0.3 is 0 Å². The molecule has 2 rings (SSSR count). The Hall–Kier alpha value is -0.400. The molecule has 2 aliphatic rings. The minimum Gasteiger partial charge on any atom is -0.390 e. The molecule has 10 nitrogen and oxygen atoms in total. The fourth-order valence-electron chi connectivity index (χ4n) is 2.28. The zero-order valence-corrected chi connectivity index (χ0v) is 11.2. The Kier molecular flexibility index (Phi) is 5.48. The van der Waals surface area contributed by atoms with Crippen LogP contribution in [-0.4, -0.2) is 93.9 Å². The first kappa shape index (κ1) is 17.0. The van der Waals surface area contributed by atoms with E-state index in [-0.39, 0.29) is 13.2 Å². The Morgan fingerprint density at radius 3 is 2.29 bits per heavy atom. The van der Waals surface area contributed by atoms with E-state index in [4.69, 9.17) is 25.7 Å². The number of aliphatic hydroxyl groups is 5. The van der Waals surface area contributed by atoms with Crippen molar-refractivity contribution in [3.05, 3.63) is 0 Å². The fourth-order valence-corrected chi connectivity index (χ4v) is 2.28. The second kappa shape index (κ2) is 6.79. The predicted molar refractivity (Wildman–Crippen MR) is 66.5 cm³/mol. The van der Waals surface area contributed by atoms with Crippen molar-refractivity contribution < 1.29 is 39.7 Å². The van der Waals surface area contributed by atoms with Gasteiger partial charge in [-0.3, -0.25) is 0 Å². The molecule has 2 fully saturated rings. The zero-order valence-electron chi connectivity index (χ0n) is 11.2. The average Bonchev–Trinajstić information content (AvgIpc) is 2.46. The lowest BCUT2D eigenvalue weighted by molar-refractivity contribution is -0.300. The third-order valence-electron chi connectivity index (χ3n) is 3.71. The van der Waals surface area contributed by atoms with E-state index in [0.29, 0.717) is 0 Å². The van der Waals surface area contributed by atoms with Crippen LogP contribution in [0.4, 0.5) is 0 Å². The summed E-state index contributed by atoms with van der Waals surface area (Å²) in [6, 6.07) is -1.50. The molecule has 9 N–H and O–H groups in total. The molecule has 0 aromatic heterocycles. The van der Waals surface area contributed by atoms with Crippen LogP contribution < -0.4 is 11.5 Å². The normalized spacial score (nSPS) is 51.9. The van der Waals surface area contributed by atoms with Gasteiger partial charge in [0.25, 0.3) is 0 Å². The first-order valence-corrected chi connectivity index (χ1v) is 6.63. The zero-order chi connectivity index (χ0) is 15.7. The summed E-state index contributed by atoms with van der Waals surface area (Å²) in [6.45, 7) is -0.208. The van der Waals surface area contributed by atoms with Crippen molar-refractivity contribution >= 4 is 0 Å². The highest BCUT2D eigenvalue weighted by Gasteiger charge is 2.44. The Labute approximate surface area is 120 Å². The minimum atomic E-state index is -1.64. The van der Waals surface area contributed by atoms with E-state index >= 15 is 0 Å². The summed E-state index contributed by atoms with van der Waals surface area (Å²) in [5, 5.41) is 47.7. The number of ether oxygens (including phenoxy) is 3. The number of aliphatic hydroxyl groups excluding tert-OH is 5. The summed E-state index contributed by atoms with van der Waals surface area (Å²) < 4.78 is 15.5. The summed E-state index contributed by atoms with van der Waals surface area (Å²) in [5.41, 5.74) is 11.3. The summed E-state index contributed by atoms with van der Waals surface area (Å²) in [6.07, 6.45) is -9.31. The van der Waals surface area contributed by atoms with Crippen LogP contribution in [0.3, 0.4) is 0 Å². The maximum absolute atomic E-state index is 9.75. The van der Waals surface area contributed by atoms with Crippen LogP contribution in [0, 0.1) is 0 Å². The molecule has 0 unspecified atom stereocenters. The Balaban J connectivity index is 1.88. The van der Waals surface area contributed by atoms with Gasteiger partial charge in [-0.25, -0.2) is 0 Å². The van der Waals surface area contributed by atoms with Gasteiger partial charge in [-0.15, -0.1) is 0 Å². The SMILES string of the molecule is N[C@H]1[C@H](OC[C@H]2O[C@H](O)[C@@H](O)[C@@H](O)[C@@H]2O)OC[C@@H](N)[C@@H]1O. The van der Waals surface area contributed by atoms with Crippen molar-refractivity contribution in [2.45, 2.75) is 55.2 Å². The summed E-state index contributed by atoms with van der Waals surface area (Å²) in [5.74, 6) is 0. The maximum Gasteiger partial charge on any atom is 0.184 e. The van der Waals surface area contributed by atoms with E-state index in [1.54, 1.807) is 0 Å². The van der Waals surface area contributed by atoms with E-state index in [1.165, 1.54) is 0 Å². The van der Waals surface area contributed by atoms with Crippen LogP contribution in [0.25, 0.3) is 0 Å². The highest BCUT2D eigenvalue weighted by atomic mass is 16.7. The van der Waals surface area contributed by atoms with Gasteiger partial charge in [0, 0.05) is 0 Å². The molecule has 21 heavy (non-hydrogen) atoms. The lowest BCUT2D eigenvalue weighted by Crippen LogP contribution is -2.62. The van der Waals surface area contributed by atoms with Gasteiger partial charge in [0.05, 0.1) is 31.4 Å². The van der Waals surface area contributed by atoms with Crippen LogP contribution in [0.15, 0.2) is 0 Å². The minimum absolute atomic E-state index is 0.0531. The van der Waals surface area contributed by atoms with Crippen LogP contribution in [0.2, 0.25) is 0 Å². The molecule has 0 spiro atoms. The molecule has 10 heteroatoms. The van der Waals surface area contributed by atoms with Crippen LogP contribution in [0.5, 0.6) is 0 Å². The molecule has 0 aliphatic carbocycles. The molecular weight excluding hydrogens is 288 g/mol.